The minimum atomic E-state index is -0.481. The molecule has 0 aliphatic carbocycles. The van der Waals surface area contributed by atoms with Gasteiger partial charge in [-0.3, -0.25) is 20.2 Å². The SMILES string of the molecule is O.O=[N+]([O-])c1ccc(-n2nc(-c3ccccc3)n[n+]2-c2ccc([N+](=O)[O-])cc2)cc1.[Cl-]. The molecular weight excluding hydrogens is 428 g/mol. The summed E-state index contributed by atoms with van der Waals surface area (Å²) in [7, 11) is 0. The van der Waals surface area contributed by atoms with E-state index < -0.39 is 9.85 Å². The van der Waals surface area contributed by atoms with Crippen molar-refractivity contribution in [3.05, 3.63) is 99.1 Å². The van der Waals surface area contributed by atoms with Gasteiger partial charge in [0.1, 0.15) is 5.69 Å². The van der Waals surface area contributed by atoms with Gasteiger partial charge < -0.3 is 17.9 Å². The van der Waals surface area contributed by atoms with Crippen molar-refractivity contribution < 1.29 is 32.5 Å². The smallest absolute Gasteiger partial charge is 0.340 e. The first-order valence-electron chi connectivity index (χ1n) is 8.48. The quantitative estimate of drug-likeness (QED) is 0.224. The molecule has 11 nitrogen and oxygen atoms in total. The Bertz CT molecular complexity index is 1120. The van der Waals surface area contributed by atoms with E-state index in [9.17, 15) is 20.2 Å². The lowest BCUT2D eigenvalue weighted by molar-refractivity contribution is -0.734. The van der Waals surface area contributed by atoms with Crippen LogP contribution in [-0.2, 0) is 0 Å². The van der Waals surface area contributed by atoms with Gasteiger partial charge in [0, 0.05) is 29.1 Å². The summed E-state index contributed by atoms with van der Waals surface area (Å²) in [6, 6.07) is 21.0. The number of aromatic nitrogens is 4. The van der Waals surface area contributed by atoms with Crippen LogP contribution in [0.3, 0.4) is 0 Å². The maximum Gasteiger partial charge on any atom is 0.340 e. The Balaban J connectivity index is 0.00000171. The first-order chi connectivity index (χ1) is 14.0. The van der Waals surface area contributed by atoms with Crippen molar-refractivity contribution in [3.8, 4) is 22.8 Å². The number of hydrogen-bond donors (Lipinski definition) is 0. The standard InChI is InChI=1S/C19H13N6O4.ClH.H2O/c26-24(27)17-10-6-15(7-11-17)22-20-19(14-4-2-1-3-5-14)21-23(22)16-8-12-18(13-9-16)25(28)29;;/h1-13H;1H;1H2/q+1;;/p-1. The summed E-state index contributed by atoms with van der Waals surface area (Å²) >= 11 is 0. The molecule has 31 heavy (non-hydrogen) atoms. The Labute approximate surface area is 181 Å². The van der Waals surface area contributed by atoms with Crippen molar-refractivity contribution in [1.82, 2.24) is 15.0 Å². The van der Waals surface area contributed by atoms with E-state index in [0.717, 1.165) is 5.56 Å². The molecule has 0 bridgehead atoms. The van der Waals surface area contributed by atoms with E-state index in [0.29, 0.717) is 17.2 Å². The topological polar surface area (TPSA) is 152 Å². The van der Waals surface area contributed by atoms with Gasteiger partial charge in [-0.1, -0.05) is 18.2 Å². The second-order valence-electron chi connectivity index (χ2n) is 6.02. The predicted molar refractivity (Wildman–Crippen MR) is 105 cm³/mol. The van der Waals surface area contributed by atoms with Gasteiger partial charge in [0.05, 0.1) is 20.5 Å². The highest BCUT2D eigenvalue weighted by Crippen LogP contribution is 2.18. The molecule has 0 aliphatic rings. The van der Waals surface area contributed by atoms with Gasteiger partial charge >= 0.3 is 5.82 Å². The molecule has 0 atom stereocenters. The van der Waals surface area contributed by atoms with Crippen LogP contribution in [0.1, 0.15) is 0 Å². The summed E-state index contributed by atoms with van der Waals surface area (Å²) in [5, 5.41) is 30.9. The molecule has 3 aromatic carbocycles. The van der Waals surface area contributed by atoms with Crippen LogP contribution in [0.25, 0.3) is 22.8 Å². The molecule has 0 saturated carbocycles. The maximum atomic E-state index is 10.9. The fourth-order valence-electron chi connectivity index (χ4n) is 2.74. The van der Waals surface area contributed by atoms with Crippen LogP contribution in [0.2, 0.25) is 0 Å². The molecular formula is C19H15ClN6O5. The summed E-state index contributed by atoms with van der Waals surface area (Å²) < 4.78 is 0. The van der Waals surface area contributed by atoms with Crippen molar-refractivity contribution in [1.29, 1.82) is 0 Å². The number of nitro groups is 2. The minimum absolute atomic E-state index is 0. The lowest BCUT2D eigenvalue weighted by Crippen LogP contribution is -3.00. The normalized spacial score (nSPS) is 9.94. The minimum Gasteiger partial charge on any atom is -1.00 e. The highest BCUT2D eigenvalue weighted by molar-refractivity contribution is 5.53. The molecule has 158 valence electrons. The molecule has 0 spiro atoms. The Morgan fingerprint density at radius 3 is 1.81 bits per heavy atom. The first-order valence-corrected chi connectivity index (χ1v) is 8.48. The van der Waals surface area contributed by atoms with Crippen LogP contribution in [-0.4, -0.2) is 30.3 Å². The Hall–Kier alpha value is -4.22. The Kier molecular flexibility index (Phi) is 7.08. The number of rotatable bonds is 5. The second kappa shape index (κ2) is 9.52. The second-order valence-corrected chi connectivity index (χ2v) is 6.02. The largest absolute Gasteiger partial charge is 1.00 e. The third-order valence-electron chi connectivity index (χ3n) is 4.17. The summed E-state index contributed by atoms with van der Waals surface area (Å²) in [6.07, 6.45) is 0. The van der Waals surface area contributed by atoms with Crippen molar-refractivity contribution in [3.63, 3.8) is 0 Å². The van der Waals surface area contributed by atoms with Gasteiger partial charge in [-0.15, -0.1) is 0 Å². The summed E-state index contributed by atoms with van der Waals surface area (Å²) in [6.45, 7) is 0. The Morgan fingerprint density at radius 1 is 0.774 bits per heavy atom. The van der Waals surface area contributed by atoms with E-state index >= 15 is 0 Å². The number of tetrazole rings is 1. The van der Waals surface area contributed by atoms with Gasteiger partial charge in [-0.25, -0.2) is 0 Å². The molecule has 0 fully saturated rings. The molecule has 0 radical (unpaired) electrons. The third kappa shape index (κ3) is 4.69. The molecule has 0 aliphatic heterocycles. The lowest BCUT2D eigenvalue weighted by atomic mass is 10.2. The van der Waals surface area contributed by atoms with Gasteiger partial charge in [-0.2, -0.15) is 0 Å². The third-order valence-corrected chi connectivity index (χ3v) is 4.17. The molecule has 12 heteroatoms. The zero-order valence-corrected chi connectivity index (χ0v) is 16.5. The molecule has 1 heterocycles. The van der Waals surface area contributed by atoms with Gasteiger partial charge in [0.15, 0.2) is 5.69 Å². The number of non-ortho nitro benzene ring substituents is 2. The number of hydrogen-bond acceptors (Lipinski definition) is 6. The number of halogens is 1. The van der Waals surface area contributed by atoms with Crippen molar-refractivity contribution in [2.45, 2.75) is 0 Å². The zero-order chi connectivity index (χ0) is 20.4. The number of nitro benzene ring substituents is 2. The van der Waals surface area contributed by atoms with Gasteiger partial charge in [-0.05, 0) is 46.3 Å². The van der Waals surface area contributed by atoms with Crippen LogP contribution >= 0.6 is 0 Å². The van der Waals surface area contributed by atoms with Crippen molar-refractivity contribution in [2.24, 2.45) is 0 Å². The highest BCUT2D eigenvalue weighted by Gasteiger charge is 2.24. The molecule has 0 unspecified atom stereocenters. The average molecular weight is 443 g/mol. The first kappa shape index (κ1) is 23.1. The monoisotopic (exact) mass is 442 g/mol. The van der Waals surface area contributed by atoms with Crippen LogP contribution < -0.4 is 17.2 Å². The predicted octanol–water partition coefficient (Wildman–Crippen LogP) is -0.793. The molecule has 4 aromatic rings. The van der Waals surface area contributed by atoms with E-state index in [1.165, 1.54) is 33.9 Å². The fourth-order valence-corrected chi connectivity index (χ4v) is 2.74. The van der Waals surface area contributed by atoms with E-state index in [4.69, 9.17) is 0 Å². The average Bonchev–Trinajstić information content (AvgIpc) is 3.20. The molecule has 1 aromatic heterocycles. The van der Waals surface area contributed by atoms with E-state index in [-0.39, 0.29) is 29.3 Å². The zero-order valence-electron chi connectivity index (χ0n) is 15.7. The van der Waals surface area contributed by atoms with Crippen LogP contribution in [0.15, 0.2) is 78.9 Å². The van der Waals surface area contributed by atoms with Crippen molar-refractivity contribution in [2.75, 3.05) is 0 Å². The fraction of sp³-hybridized carbons (Fsp3) is 0. The molecule has 2 N–H and O–H groups in total. The summed E-state index contributed by atoms with van der Waals surface area (Å²) in [5.74, 6) is 0.433. The van der Waals surface area contributed by atoms with E-state index in [2.05, 4.69) is 10.2 Å². The molecule has 0 amide bonds. The Morgan fingerprint density at radius 2 is 1.29 bits per heavy atom. The van der Waals surface area contributed by atoms with Crippen molar-refractivity contribution >= 4 is 11.4 Å². The van der Waals surface area contributed by atoms with Gasteiger partial charge in [0.2, 0.25) is 0 Å². The van der Waals surface area contributed by atoms with E-state index in [1.807, 2.05) is 30.3 Å². The molecule has 0 saturated heterocycles. The number of nitrogens with zero attached hydrogens (tertiary/aromatic N) is 6. The number of benzene rings is 3. The summed E-state index contributed by atoms with van der Waals surface area (Å²) in [5.41, 5.74) is 1.79. The maximum absolute atomic E-state index is 10.9. The highest BCUT2D eigenvalue weighted by atomic mass is 35.5. The van der Waals surface area contributed by atoms with Crippen LogP contribution in [0.5, 0.6) is 0 Å². The van der Waals surface area contributed by atoms with Gasteiger partial charge in [0.25, 0.3) is 11.4 Å². The van der Waals surface area contributed by atoms with E-state index in [1.54, 1.807) is 24.3 Å². The lowest BCUT2D eigenvalue weighted by Gasteiger charge is -1.99. The molecule has 4 rings (SSSR count). The summed E-state index contributed by atoms with van der Waals surface area (Å²) in [4.78, 5) is 23.8. The van der Waals surface area contributed by atoms with Crippen LogP contribution in [0.4, 0.5) is 11.4 Å². The van der Waals surface area contributed by atoms with Crippen LogP contribution in [0, 0.1) is 20.2 Å².